The largest absolute Gasteiger partial charge is 0.280 e. The number of hydrogen-bond donors (Lipinski definition) is 1. The molecule has 2 aromatic carbocycles. The Kier molecular flexibility index (Phi) is 3.79. The van der Waals surface area contributed by atoms with Crippen molar-refractivity contribution in [2.75, 3.05) is 4.72 Å². The summed E-state index contributed by atoms with van der Waals surface area (Å²) in [6.45, 7) is 0. The summed E-state index contributed by atoms with van der Waals surface area (Å²) in [4.78, 5) is 4.09. The second-order valence-corrected chi connectivity index (χ2v) is 7.60. The molecule has 4 nitrogen and oxygen atoms in total. The number of hydrogen-bond acceptors (Lipinski definition) is 4. The number of halogens is 2. The lowest BCUT2D eigenvalue weighted by atomic mass is 10.3. The molecule has 3 aromatic rings. The maximum Gasteiger partial charge on any atom is 0.263 e. The molecule has 0 saturated carbocycles. The van der Waals surface area contributed by atoms with E-state index in [4.69, 9.17) is 23.2 Å². The molecule has 1 heterocycles. The zero-order valence-electron chi connectivity index (χ0n) is 10.4. The highest BCUT2D eigenvalue weighted by Crippen LogP contribution is 2.28. The Bertz CT molecular complexity index is 923. The van der Waals surface area contributed by atoms with E-state index in [0.717, 1.165) is 10.2 Å². The van der Waals surface area contributed by atoms with Gasteiger partial charge in [0.1, 0.15) is 4.90 Å². The van der Waals surface area contributed by atoms with Crippen LogP contribution in [0.15, 0.2) is 46.8 Å². The molecule has 0 bridgehead atoms. The van der Waals surface area contributed by atoms with Gasteiger partial charge >= 0.3 is 0 Å². The molecule has 0 unspecified atom stereocenters. The summed E-state index contributed by atoms with van der Waals surface area (Å²) < 4.78 is 28.2. The summed E-state index contributed by atoms with van der Waals surface area (Å²) in [5.74, 6) is 0. The standard InChI is InChI=1S/C13H8Cl2N2O2S2/c14-8-1-3-10(15)13(5-8)21(18,19)17-9-2-4-11-12(6-9)20-7-16-11/h1-7,17H. The summed E-state index contributed by atoms with van der Waals surface area (Å²) in [6, 6.07) is 9.43. The van der Waals surface area contributed by atoms with Crippen LogP contribution in [0.4, 0.5) is 5.69 Å². The van der Waals surface area contributed by atoms with E-state index in [1.807, 2.05) is 0 Å². The van der Waals surface area contributed by atoms with Crippen molar-refractivity contribution in [1.82, 2.24) is 4.98 Å². The summed E-state index contributed by atoms with van der Waals surface area (Å²) in [7, 11) is -3.80. The second-order valence-electron chi connectivity index (χ2n) is 4.22. The lowest BCUT2D eigenvalue weighted by molar-refractivity contribution is 0.601. The van der Waals surface area contributed by atoms with Crippen molar-refractivity contribution in [2.24, 2.45) is 0 Å². The molecule has 0 fully saturated rings. The predicted molar refractivity (Wildman–Crippen MR) is 86.9 cm³/mol. The molecule has 0 aliphatic carbocycles. The van der Waals surface area contributed by atoms with Gasteiger partial charge in [0, 0.05) is 5.02 Å². The van der Waals surface area contributed by atoms with Crippen molar-refractivity contribution in [1.29, 1.82) is 0 Å². The minimum absolute atomic E-state index is 0.0546. The fourth-order valence-electron chi connectivity index (χ4n) is 1.81. The maximum absolute atomic E-state index is 12.4. The molecule has 0 saturated heterocycles. The van der Waals surface area contributed by atoms with Gasteiger partial charge in [0.2, 0.25) is 0 Å². The first-order valence-corrected chi connectivity index (χ1v) is 8.89. The molecular formula is C13H8Cl2N2O2S2. The number of aromatic nitrogens is 1. The van der Waals surface area contributed by atoms with Gasteiger partial charge in [0.15, 0.2) is 0 Å². The molecule has 0 aliphatic rings. The minimum Gasteiger partial charge on any atom is -0.280 e. The van der Waals surface area contributed by atoms with E-state index in [1.165, 1.54) is 29.5 Å². The molecule has 0 amide bonds. The fraction of sp³-hybridized carbons (Fsp3) is 0. The van der Waals surface area contributed by atoms with E-state index in [9.17, 15) is 8.42 Å². The smallest absolute Gasteiger partial charge is 0.263 e. The van der Waals surface area contributed by atoms with Crippen molar-refractivity contribution in [3.05, 3.63) is 52.0 Å². The first-order chi connectivity index (χ1) is 9.95. The lowest BCUT2D eigenvalue weighted by Gasteiger charge is -2.09. The Labute approximate surface area is 135 Å². The number of nitrogens with zero attached hydrogens (tertiary/aromatic N) is 1. The molecular weight excluding hydrogens is 351 g/mol. The highest BCUT2D eigenvalue weighted by Gasteiger charge is 2.18. The summed E-state index contributed by atoms with van der Waals surface area (Å²) >= 11 is 13.2. The monoisotopic (exact) mass is 358 g/mol. The van der Waals surface area contributed by atoms with Crippen LogP contribution in [0, 0.1) is 0 Å². The second kappa shape index (κ2) is 5.46. The van der Waals surface area contributed by atoms with Crippen LogP contribution >= 0.6 is 34.5 Å². The average molecular weight is 359 g/mol. The first-order valence-electron chi connectivity index (χ1n) is 5.77. The molecule has 0 spiro atoms. The average Bonchev–Trinajstić information content (AvgIpc) is 2.88. The molecule has 0 radical (unpaired) electrons. The number of thiazole rings is 1. The summed E-state index contributed by atoms with van der Waals surface area (Å²) in [5.41, 5.74) is 2.98. The molecule has 21 heavy (non-hydrogen) atoms. The number of fused-ring (bicyclic) bond motifs is 1. The van der Waals surface area contributed by atoms with E-state index in [0.29, 0.717) is 10.7 Å². The van der Waals surface area contributed by atoms with Crippen LogP contribution < -0.4 is 4.72 Å². The molecule has 0 aliphatic heterocycles. The zero-order valence-corrected chi connectivity index (χ0v) is 13.5. The number of anilines is 1. The van der Waals surface area contributed by atoms with Gasteiger partial charge in [-0.15, -0.1) is 11.3 Å². The van der Waals surface area contributed by atoms with Crippen LogP contribution in [-0.4, -0.2) is 13.4 Å². The third kappa shape index (κ3) is 2.98. The third-order valence-electron chi connectivity index (χ3n) is 2.77. The van der Waals surface area contributed by atoms with Crippen molar-refractivity contribution >= 4 is 60.5 Å². The van der Waals surface area contributed by atoms with Crippen molar-refractivity contribution in [3.63, 3.8) is 0 Å². The van der Waals surface area contributed by atoms with Gasteiger partial charge in [-0.1, -0.05) is 23.2 Å². The van der Waals surface area contributed by atoms with Gasteiger partial charge in [-0.3, -0.25) is 4.72 Å². The van der Waals surface area contributed by atoms with E-state index in [1.54, 1.807) is 23.7 Å². The molecule has 1 aromatic heterocycles. The van der Waals surface area contributed by atoms with Gasteiger partial charge in [-0.2, -0.15) is 0 Å². The van der Waals surface area contributed by atoms with E-state index in [-0.39, 0.29) is 9.92 Å². The third-order valence-corrected chi connectivity index (χ3v) is 5.66. The Morgan fingerprint density at radius 3 is 2.71 bits per heavy atom. The van der Waals surface area contributed by atoms with Gasteiger partial charge in [-0.05, 0) is 36.4 Å². The number of rotatable bonds is 3. The predicted octanol–water partition coefficient (Wildman–Crippen LogP) is 4.40. The Morgan fingerprint density at radius 2 is 1.90 bits per heavy atom. The number of nitrogens with one attached hydrogen (secondary N) is 1. The topological polar surface area (TPSA) is 59.1 Å². The lowest BCUT2D eigenvalue weighted by Crippen LogP contribution is -2.13. The quantitative estimate of drug-likeness (QED) is 0.754. The number of benzene rings is 2. The van der Waals surface area contributed by atoms with Crippen molar-refractivity contribution < 1.29 is 8.42 Å². The molecule has 1 N–H and O–H groups in total. The summed E-state index contributed by atoms with van der Waals surface area (Å²) in [6.07, 6.45) is 0. The van der Waals surface area contributed by atoms with Gasteiger partial charge in [0.05, 0.1) is 26.4 Å². The molecule has 3 rings (SSSR count). The first kappa shape index (κ1) is 14.6. The van der Waals surface area contributed by atoms with Crippen LogP contribution in [-0.2, 0) is 10.0 Å². The van der Waals surface area contributed by atoms with Crippen LogP contribution in [0.3, 0.4) is 0 Å². The van der Waals surface area contributed by atoms with Crippen molar-refractivity contribution in [2.45, 2.75) is 4.90 Å². The van der Waals surface area contributed by atoms with Gasteiger partial charge < -0.3 is 0 Å². The maximum atomic E-state index is 12.4. The van der Waals surface area contributed by atoms with E-state index >= 15 is 0 Å². The highest BCUT2D eigenvalue weighted by atomic mass is 35.5. The molecule has 108 valence electrons. The fourth-order valence-corrected chi connectivity index (χ4v) is 4.34. The Hall–Kier alpha value is -1.34. The van der Waals surface area contributed by atoms with Crippen LogP contribution in [0.25, 0.3) is 10.2 Å². The Balaban J connectivity index is 2.00. The van der Waals surface area contributed by atoms with Crippen molar-refractivity contribution in [3.8, 4) is 0 Å². The Morgan fingerprint density at radius 1 is 1.10 bits per heavy atom. The number of sulfonamides is 1. The minimum atomic E-state index is -3.80. The normalized spacial score (nSPS) is 11.7. The van der Waals surface area contributed by atoms with Crippen LogP contribution in [0.2, 0.25) is 10.0 Å². The van der Waals surface area contributed by atoms with E-state index in [2.05, 4.69) is 9.71 Å². The van der Waals surface area contributed by atoms with Crippen LogP contribution in [0.5, 0.6) is 0 Å². The van der Waals surface area contributed by atoms with E-state index < -0.39 is 10.0 Å². The summed E-state index contributed by atoms with van der Waals surface area (Å²) in [5, 5.41) is 0.420. The highest BCUT2D eigenvalue weighted by molar-refractivity contribution is 7.92. The molecule has 0 atom stereocenters. The van der Waals surface area contributed by atoms with Gasteiger partial charge in [0.25, 0.3) is 10.0 Å². The van der Waals surface area contributed by atoms with Gasteiger partial charge in [-0.25, -0.2) is 13.4 Å². The zero-order chi connectivity index (χ0) is 15.0. The SMILES string of the molecule is O=S(=O)(Nc1ccc2ncsc2c1)c1cc(Cl)ccc1Cl. The molecule has 8 heteroatoms. The van der Waals surface area contributed by atoms with Crippen LogP contribution in [0.1, 0.15) is 0 Å².